The van der Waals surface area contributed by atoms with E-state index < -0.39 is 0 Å². The van der Waals surface area contributed by atoms with E-state index in [1.807, 2.05) is 23.6 Å². The first-order valence-electron chi connectivity index (χ1n) is 16.1. The van der Waals surface area contributed by atoms with Crippen molar-refractivity contribution in [2.75, 3.05) is 4.90 Å². The molecule has 0 aliphatic carbocycles. The van der Waals surface area contributed by atoms with E-state index in [1.54, 1.807) is 0 Å². The topological polar surface area (TPSA) is 29.0 Å². The summed E-state index contributed by atoms with van der Waals surface area (Å²) >= 11 is 1.83. The maximum absolute atomic E-state index is 5.17. The van der Waals surface area contributed by atoms with Crippen LogP contribution in [-0.4, -0.2) is 9.97 Å². The average Bonchev–Trinajstić information content (AvgIpc) is 3.50. The standard InChI is InChI=1S/C44H27N3S/c1-2-8-30-22-31(12-11-28(30)6-1)32-13-14-34-24-36(17-15-33(34)23-32)47(44-20-16-29-7-3-4-10-40(29)46-44)37-18-19-38-39-27-41-35(9-5-21-45-41)25-42(39)48-43(38)26-37/h1-27H. The minimum Gasteiger partial charge on any atom is -0.295 e. The lowest BCUT2D eigenvalue weighted by molar-refractivity contribution is 1.21. The molecule has 0 spiro atoms. The number of pyridine rings is 2. The molecule has 0 radical (unpaired) electrons. The fraction of sp³-hybridized carbons (Fsp3) is 0. The molecule has 10 rings (SSSR count). The number of nitrogens with zero attached hydrogens (tertiary/aromatic N) is 3. The number of thiophene rings is 1. The first kappa shape index (κ1) is 27.1. The van der Waals surface area contributed by atoms with Crippen LogP contribution in [0.5, 0.6) is 0 Å². The van der Waals surface area contributed by atoms with Gasteiger partial charge in [0.2, 0.25) is 0 Å². The number of aromatic nitrogens is 2. The third-order valence-electron chi connectivity index (χ3n) is 9.42. The van der Waals surface area contributed by atoms with E-state index in [4.69, 9.17) is 4.98 Å². The molecule has 224 valence electrons. The average molecular weight is 630 g/mol. The van der Waals surface area contributed by atoms with Crippen molar-refractivity contribution in [2.24, 2.45) is 0 Å². The van der Waals surface area contributed by atoms with Crippen LogP contribution in [-0.2, 0) is 0 Å². The summed E-state index contributed by atoms with van der Waals surface area (Å²) in [5.74, 6) is 0.885. The highest BCUT2D eigenvalue weighted by atomic mass is 32.1. The SMILES string of the molecule is c1ccc2cc(-c3ccc4cc(N(c5ccc6c(c5)sc5cc7cccnc7cc56)c5ccc6ccccc6n5)ccc4c3)ccc2c1. The summed E-state index contributed by atoms with van der Waals surface area (Å²) in [5.41, 5.74) is 6.58. The Hall–Kier alpha value is -6.10. The summed E-state index contributed by atoms with van der Waals surface area (Å²) in [4.78, 5) is 12.1. The molecule has 0 N–H and O–H groups in total. The molecule has 0 bridgehead atoms. The maximum Gasteiger partial charge on any atom is 0.138 e. The van der Waals surface area contributed by atoms with Gasteiger partial charge in [-0.05, 0) is 105 Å². The summed E-state index contributed by atoms with van der Waals surface area (Å²) in [5, 5.41) is 9.69. The first-order valence-corrected chi connectivity index (χ1v) is 17.0. The highest BCUT2D eigenvalue weighted by Gasteiger charge is 2.17. The quantitative estimate of drug-likeness (QED) is 0.194. The molecule has 0 saturated heterocycles. The van der Waals surface area contributed by atoms with E-state index in [2.05, 4.69) is 162 Å². The number of hydrogen-bond donors (Lipinski definition) is 0. The van der Waals surface area contributed by atoms with Gasteiger partial charge in [-0.25, -0.2) is 4.98 Å². The van der Waals surface area contributed by atoms with Crippen LogP contribution >= 0.6 is 11.3 Å². The normalized spacial score (nSPS) is 11.8. The van der Waals surface area contributed by atoms with Crippen LogP contribution in [0, 0.1) is 0 Å². The van der Waals surface area contributed by atoms with Gasteiger partial charge in [0.05, 0.1) is 11.0 Å². The molecule has 0 aliphatic rings. The van der Waals surface area contributed by atoms with Gasteiger partial charge in [0.25, 0.3) is 0 Å². The van der Waals surface area contributed by atoms with E-state index in [0.29, 0.717) is 0 Å². The number of rotatable bonds is 4. The van der Waals surface area contributed by atoms with Crippen LogP contribution in [0.25, 0.3) is 74.6 Å². The Morgan fingerprint density at radius 3 is 1.96 bits per heavy atom. The fourth-order valence-corrected chi connectivity index (χ4v) is 8.15. The number of fused-ring (bicyclic) bond motifs is 7. The van der Waals surface area contributed by atoms with Crippen molar-refractivity contribution in [3.8, 4) is 11.1 Å². The first-order chi connectivity index (χ1) is 23.7. The summed E-state index contributed by atoms with van der Waals surface area (Å²) in [6.07, 6.45) is 1.86. The predicted octanol–water partition coefficient (Wildman–Crippen LogP) is 12.6. The van der Waals surface area contributed by atoms with Crippen molar-refractivity contribution in [3.05, 3.63) is 164 Å². The van der Waals surface area contributed by atoms with Gasteiger partial charge >= 0.3 is 0 Å². The van der Waals surface area contributed by atoms with E-state index in [0.717, 1.165) is 33.6 Å². The molecule has 7 aromatic carbocycles. The number of benzene rings is 7. The molecule has 0 amide bonds. The van der Waals surface area contributed by atoms with Crippen LogP contribution in [0.3, 0.4) is 0 Å². The Labute approximate surface area is 281 Å². The van der Waals surface area contributed by atoms with Gasteiger partial charge < -0.3 is 0 Å². The molecule has 3 aromatic heterocycles. The second-order valence-corrected chi connectivity index (χ2v) is 13.4. The van der Waals surface area contributed by atoms with Gasteiger partial charge in [0, 0.05) is 48.5 Å². The Kier molecular flexibility index (Phi) is 6.05. The molecule has 0 atom stereocenters. The molecular formula is C44H27N3S. The van der Waals surface area contributed by atoms with Crippen molar-refractivity contribution in [1.82, 2.24) is 9.97 Å². The Bertz CT molecular complexity index is 2870. The smallest absolute Gasteiger partial charge is 0.138 e. The summed E-state index contributed by atoms with van der Waals surface area (Å²) in [7, 11) is 0. The van der Waals surface area contributed by atoms with E-state index >= 15 is 0 Å². The third-order valence-corrected chi connectivity index (χ3v) is 10.5. The molecule has 0 aliphatic heterocycles. The summed E-state index contributed by atoms with van der Waals surface area (Å²) in [6.45, 7) is 0. The number of para-hydroxylation sites is 1. The molecule has 48 heavy (non-hydrogen) atoms. The second kappa shape index (κ2) is 10.7. The zero-order chi connectivity index (χ0) is 31.6. The molecule has 3 heterocycles. The molecule has 0 fully saturated rings. The third kappa shape index (κ3) is 4.49. The monoisotopic (exact) mass is 629 g/mol. The fourth-order valence-electron chi connectivity index (χ4n) is 6.98. The highest BCUT2D eigenvalue weighted by Crippen LogP contribution is 2.42. The summed E-state index contributed by atoms with van der Waals surface area (Å²) < 4.78 is 2.51. The van der Waals surface area contributed by atoms with Crippen molar-refractivity contribution in [1.29, 1.82) is 0 Å². The number of hydrogen-bond acceptors (Lipinski definition) is 4. The van der Waals surface area contributed by atoms with Gasteiger partial charge in [-0.2, -0.15) is 0 Å². The van der Waals surface area contributed by atoms with Crippen molar-refractivity contribution in [3.63, 3.8) is 0 Å². The number of anilines is 3. The van der Waals surface area contributed by atoms with Crippen LogP contribution in [0.2, 0.25) is 0 Å². The van der Waals surface area contributed by atoms with Crippen LogP contribution in [0.1, 0.15) is 0 Å². The predicted molar refractivity (Wildman–Crippen MR) is 205 cm³/mol. The summed E-state index contributed by atoms with van der Waals surface area (Å²) in [6, 6.07) is 56.7. The lowest BCUT2D eigenvalue weighted by atomic mass is 9.98. The second-order valence-electron chi connectivity index (χ2n) is 12.3. The minimum absolute atomic E-state index is 0.885. The van der Waals surface area contributed by atoms with Gasteiger partial charge in [-0.1, -0.05) is 84.9 Å². The van der Waals surface area contributed by atoms with Gasteiger partial charge in [-0.3, -0.25) is 9.88 Å². The molecule has 0 saturated carbocycles. The van der Waals surface area contributed by atoms with Gasteiger partial charge in [-0.15, -0.1) is 11.3 Å². The van der Waals surface area contributed by atoms with Crippen molar-refractivity contribution in [2.45, 2.75) is 0 Å². The molecule has 4 heteroatoms. The lowest BCUT2D eigenvalue weighted by Gasteiger charge is -2.25. The van der Waals surface area contributed by atoms with E-state index in [-0.39, 0.29) is 0 Å². The van der Waals surface area contributed by atoms with E-state index in [9.17, 15) is 0 Å². The Balaban J connectivity index is 1.11. The zero-order valence-corrected chi connectivity index (χ0v) is 26.7. The largest absolute Gasteiger partial charge is 0.295 e. The van der Waals surface area contributed by atoms with E-state index in [1.165, 1.54) is 58.2 Å². The molecule has 3 nitrogen and oxygen atoms in total. The minimum atomic E-state index is 0.885. The van der Waals surface area contributed by atoms with Crippen LogP contribution in [0.15, 0.2) is 164 Å². The van der Waals surface area contributed by atoms with Crippen molar-refractivity contribution >= 4 is 92.1 Å². The van der Waals surface area contributed by atoms with Gasteiger partial charge in [0.15, 0.2) is 0 Å². The van der Waals surface area contributed by atoms with Crippen LogP contribution in [0.4, 0.5) is 17.2 Å². The molecule has 0 unspecified atom stereocenters. The Morgan fingerprint density at radius 2 is 1.06 bits per heavy atom. The Morgan fingerprint density at radius 1 is 0.417 bits per heavy atom. The molecular weight excluding hydrogens is 603 g/mol. The maximum atomic E-state index is 5.17. The zero-order valence-electron chi connectivity index (χ0n) is 25.8. The molecule has 10 aromatic rings. The van der Waals surface area contributed by atoms with Crippen molar-refractivity contribution < 1.29 is 0 Å². The highest BCUT2D eigenvalue weighted by molar-refractivity contribution is 7.25. The van der Waals surface area contributed by atoms with Gasteiger partial charge in [0.1, 0.15) is 5.82 Å². The van der Waals surface area contributed by atoms with Crippen LogP contribution < -0.4 is 4.90 Å². The lowest BCUT2D eigenvalue weighted by Crippen LogP contribution is -2.11.